The minimum Gasteiger partial charge on any atom is -0.342 e. The van der Waals surface area contributed by atoms with E-state index in [0.29, 0.717) is 32.6 Å². The van der Waals surface area contributed by atoms with Gasteiger partial charge in [0.1, 0.15) is 0 Å². The lowest BCUT2D eigenvalue weighted by Gasteiger charge is -2.32. The van der Waals surface area contributed by atoms with Crippen LogP contribution in [-0.4, -0.2) is 53.3 Å². The van der Waals surface area contributed by atoms with Crippen LogP contribution < -0.4 is 0 Å². The van der Waals surface area contributed by atoms with E-state index in [1.54, 1.807) is 17.3 Å². The highest BCUT2D eigenvalue weighted by molar-refractivity contribution is 5.76. The Balaban J connectivity index is 1.77. The highest BCUT2D eigenvalue weighted by atomic mass is 16.2. The van der Waals surface area contributed by atoms with E-state index in [0.717, 1.165) is 18.4 Å². The van der Waals surface area contributed by atoms with E-state index in [9.17, 15) is 9.59 Å². The molecule has 5 nitrogen and oxygen atoms in total. The van der Waals surface area contributed by atoms with Crippen LogP contribution in [0.25, 0.3) is 0 Å². The number of nitrogens with zero attached hydrogens (tertiary/aromatic N) is 3. The van der Waals surface area contributed by atoms with Gasteiger partial charge in [0.25, 0.3) is 0 Å². The minimum atomic E-state index is 0.164. The minimum absolute atomic E-state index is 0.164. The molecular formula is C13H17N3O2. The SMILES string of the molecule is O=CN1CCN(C(=O)CCc2ccncc2)CC1. The summed E-state index contributed by atoms with van der Waals surface area (Å²) in [6.07, 6.45) is 5.59. The van der Waals surface area contributed by atoms with Gasteiger partial charge in [-0.3, -0.25) is 14.6 Å². The normalized spacial score (nSPS) is 15.6. The summed E-state index contributed by atoms with van der Waals surface area (Å²) < 4.78 is 0. The summed E-state index contributed by atoms with van der Waals surface area (Å²) in [6.45, 7) is 2.58. The zero-order chi connectivity index (χ0) is 12.8. The van der Waals surface area contributed by atoms with E-state index in [1.807, 2.05) is 17.0 Å². The number of piperazine rings is 1. The molecule has 0 unspecified atom stereocenters. The van der Waals surface area contributed by atoms with Gasteiger partial charge >= 0.3 is 0 Å². The molecule has 1 fully saturated rings. The summed E-state index contributed by atoms with van der Waals surface area (Å²) >= 11 is 0. The van der Waals surface area contributed by atoms with Crippen molar-refractivity contribution in [2.75, 3.05) is 26.2 Å². The highest BCUT2D eigenvalue weighted by Crippen LogP contribution is 2.06. The number of aromatic nitrogens is 1. The third-order valence-electron chi connectivity index (χ3n) is 3.19. The second kappa shape index (κ2) is 6.14. The van der Waals surface area contributed by atoms with Crippen molar-refractivity contribution >= 4 is 12.3 Å². The second-order valence-electron chi connectivity index (χ2n) is 4.38. The van der Waals surface area contributed by atoms with Crippen LogP contribution in [0.4, 0.5) is 0 Å². The van der Waals surface area contributed by atoms with E-state index < -0.39 is 0 Å². The fourth-order valence-electron chi connectivity index (χ4n) is 2.04. The third-order valence-corrected chi connectivity index (χ3v) is 3.19. The molecule has 1 aliphatic heterocycles. The van der Waals surface area contributed by atoms with Crippen molar-refractivity contribution < 1.29 is 9.59 Å². The van der Waals surface area contributed by atoms with Crippen molar-refractivity contribution in [2.24, 2.45) is 0 Å². The fourth-order valence-corrected chi connectivity index (χ4v) is 2.04. The van der Waals surface area contributed by atoms with Crippen molar-refractivity contribution in [1.82, 2.24) is 14.8 Å². The average Bonchev–Trinajstić information content (AvgIpc) is 2.46. The molecule has 1 aliphatic rings. The highest BCUT2D eigenvalue weighted by Gasteiger charge is 2.19. The molecule has 0 atom stereocenters. The van der Waals surface area contributed by atoms with E-state index in [1.165, 1.54) is 0 Å². The number of pyridine rings is 1. The molecule has 96 valence electrons. The molecule has 0 bridgehead atoms. The largest absolute Gasteiger partial charge is 0.342 e. The van der Waals surface area contributed by atoms with Gasteiger partial charge in [-0.25, -0.2) is 0 Å². The molecule has 1 aromatic heterocycles. The molecule has 0 aliphatic carbocycles. The first-order chi connectivity index (χ1) is 8.79. The monoisotopic (exact) mass is 247 g/mol. The van der Waals surface area contributed by atoms with Crippen LogP contribution >= 0.6 is 0 Å². The lowest BCUT2D eigenvalue weighted by atomic mass is 10.1. The molecule has 2 amide bonds. The second-order valence-corrected chi connectivity index (χ2v) is 4.38. The van der Waals surface area contributed by atoms with Gasteiger partial charge in [0.05, 0.1) is 0 Å². The number of hydrogen-bond donors (Lipinski definition) is 0. The lowest BCUT2D eigenvalue weighted by Crippen LogP contribution is -2.48. The maximum absolute atomic E-state index is 12.0. The number of aryl methyl sites for hydroxylation is 1. The van der Waals surface area contributed by atoms with Crippen molar-refractivity contribution in [2.45, 2.75) is 12.8 Å². The quantitative estimate of drug-likeness (QED) is 0.720. The summed E-state index contributed by atoms with van der Waals surface area (Å²) in [7, 11) is 0. The van der Waals surface area contributed by atoms with Gasteiger partial charge < -0.3 is 9.80 Å². The smallest absolute Gasteiger partial charge is 0.223 e. The number of amides is 2. The summed E-state index contributed by atoms with van der Waals surface area (Å²) in [6, 6.07) is 3.86. The van der Waals surface area contributed by atoms with Crippen LogP contribution in [0.1, 0.15) is 12.0 Å². The van der Waals surface area contributed by atoms with Gasteiger partial charge in [-0.05, 0) is 24.1 Å². The Morgan fingerprint density at radius 3 is 2.50 bits per heavy atom. The van der Waals surface area contributed by atoms with Crippen molar-refractivity contribution in [1.29, 1.82) is 0 Å². The Bertz CT molecular complexity index is 400. The Kier molecular flexibility index (Phi) is 4.28. The van der Waals surface area contributed by atoms with Crippen LogP contribution in [0.3, 0.4) is 0 Å². The molecule has 5 heteroatoms. The molecule has 1 aromatic rings. The molecule has 2 rings (SSSR count). The van der Waals surface area contributed by atoms with E-state index in [2.05, 4.69) is 4.98 Å². The first-order valence-corrected chi connectivity index (χ1v) is 6.15. The van der Waals surface area contributed by atoms with Gasteiger partial charge in [0.2, 0.25) is 12.3 Å². The first kappa shape index (κ1) is 12.5. The molecular weight excluding hydrogens is 230 g/mol. The predicted octanol–water partition coefficient (Wildman–Crippen LogP) is 0.315. The zero-order valence-electron chi connectivity index (χ0n) is 10.3. The molecule has 0 N–H and O–H groups in total. The summed E-state index contributed by atoms with van der Waals surface area (Å²) in [4.78, 5) is 30.0. The van der Waals surface area contributed by atoms with Gasteiger partial charge in [-0.15, -0.1) is 0 Å². The Morgan fingerprint density at radius 2 is 1.89 bits per heavy atom. The summed E-state index contributed by atoms with van der Waals surface area (Å²) in [5.41, 5.74) is 1.13. The topological polar surface area (TPSA) is 53.5 Å². The number of rotatable bonds is 4. The van der Waals surface area contributed by atoms with Crippen molar-refractivity contribution in [3.63, 3.8) is 0 Å². The van der Waals surface area contributed by atoms with Gasteiger partial charge in [-0.2, -0.15) is 0 Å². The number of carbonyl (C=O) groups excluding carboxylic acids is 2. The molecule has 2 heterocycles. The maximum Gasteiger partial charge on any atom is 0.223 e. The summed E-state index contributed by atoms with van der Waals surface area (Å²) in [5, 5.41) is 0. The van der Waals surface area contributed by atoms with Crippen LogP contribution in [0.5, 0.6) is 0 Å². The molecule has 0 saturated carbocycles. The van der Waals surface area contributed by atoms with Crippen LogP contribution in [-0.2, 0) is 16.0 Å². The van der Waals surface area contributed by atoms with Gasteiger partial charge in [-0.1, -0.05) is 0 Å². The van der Waals surface area contributed by atoms with Gasteiger partial charge in [0, 0.05) is 45.0 Å². The van der Waals surface area contributed by atoms with Crippen LogP contribution in [0.2, 0.25) is 0 Å². The molecule has 0 radical (unpaired) electrons. The van der Waals surface area contributed by atoms with E-state index in [4.69, 9.17) is 0 Å². The molecule has 0 spiro atoms. The Morgan fingerprint density at radius 1 is 1.22 bits per heavy atom. The van der Waals surface area contributed by atoms with Crippen LogP contribution in [0, 0.1) is 0 Å². The summed E-state index contributed by atoms with van der Waals surface area (Å²) in [5.74, 6) is 0.164. The maximum atomic E-state index is 12.0. The lowest BCUT2D eigenvalue weighted by molar-refractivity contribution is -0.135. The Hall–Kier alpha value is -1.91. The van der Waals surface area contributed by atoms with Crippen molar-refractivity contribution in [3.8, 4) is 0 Å². The molecule has 0 aromatic carbocycles. The average molecular weight is 247 g/mol. The zero-order valence-corrected chi connectivity index (χ0v) is 10.3. The van der Waals surface area contributed by atoms with E-state index in [-0.39, 0.29) is 5.91 Å². The number of hydrogen-bond acceptors (Lipinski definition) is 3. The number of carbonyl (C=O) groups is 2. The first-order valence-electron chi connectivity index (χ1n) is 6.15. The molecule has 1 saturated heterocycles. The fraction of sp³-hybridized carbons (Fsp3) is 0.462. The van der Waals surface area contributed by atoms with Crippen molar-refractivity contribution in [3.05, 3.63) is 30.1 Å². The third kappa shape index (κ3) is 3.29. The van der Waals surface area contributed by atoms with Gasteiger partial charge in [0.15, 0.2) is 0 Å². The standard InChI is InChI=1S/C13H17N3O2/c17-11-15-7-9-16(10-8-15)13(18)2-1-12-3-5-14-6-4-12/h3-6,11H,1-2,7-10H2. The Labute approximate surface area is 106 Å². The van der Waals surface area contributed by atoms with E-state index >= 15 is 0 Å². The van der Waals surface area contributed by atoms with Crippen LogP contribution in [0.15, 0.2) is 24.5 Å². The predicted molar refractivity (Wildman–Crippen MR) is 66.8 cm³/mol. The molecule has 18 heavy (non-hydrogen) atoms.